The highest BCUT2D eigenvalue weighted by Gasteiger charge is 2.13. The minimum Gasteiger partial charge on any atom is -0.469 e. The Kier molecular flexibility index (Phi) is 5.04. The number of aromatic nitrogens is 1. The Bertz CT molecular complexity index is 522. The van der Waals surface area contributed by atoms with E-state index in [1.807, 2.05) is 24.4 Å². The van der Waals surface area contributed by atoms with Crippen LogP contribution in [0, 0.1) is 5.92 Å². The summed E-state index contributed by atoms with van der Waals surface area (Å²) in [6, 6.07) is 3.95. The van der Waals surface area contributed by atoms with Gasteiger partial charge in [-0.3, -0.25) is 4.79 Å². The second-order valence-electron chi connectivity index (χ2n) is 4.06. The summed E-state index contributed by atoms with van der Waals surface area (Å²) in [7, 11) is 1.41. The molecule has 19 heavy (non-hydrogen) atoms. The molecule has 0 aromatic carbocycles. The van der Waals surface area contributed by atoms with Crippen LogP contribution in [0.15, 0.2) is 28.2 Å². The number of methoxy groups -OCH3 is 1. The maximum Gasteiger partial charge on any atom is 0.309 e. The molecule has 1 atom stereocenters. The Labute approximate surface area is 120 Å². The van der Waals surface area contributed by atoms with Gasteiger partial charge < -0.3 is 9.15 Å². The van der Waals surface area contributed by atoms with E-state index >= 15 is 0 Å². The van der Waals surface area contributed by atoms with Gasteiger partial charge in [0, 0.05) is 11.5 Å². The maximum atomic E-state index is 11.2. The van der Waals surface area contributed by atoms with Gasteiger partial charge in [-0.1, -0.05) is 13.0 Å². The van der Waals surface area contributed by atoms with Crippen molar-refractivity contribution in [1.29, 1.82) is 0 Å². The molecular weight excluding hydrogens is 282 g/mol. The van der Waals surface area contributed by atoms with Gasteiger partial charge in [-0.15, -0.1) is 11.3 Å². The fraction of sp³-hybridized carbons (Fsp3) is 0.385. The molecule has 2 aromatic rings. The Morgan fingerprint density at radius 2 is 2.47 bits per heavy atom. The zero-order valence-electron chi connectivity index (χ0n) is 10.8. The number of carbonyl (C=O) groups excluding carboxylic acids is 1. The summed E-state index contributed by atoms with van der Waals surface area (Å²) in [5.74, 6) is 1.83. The van der Waals surface area contributed by atoms with E-state index in [1.54, 1.807) is 29.4 Å². The molecule has 2 rings (SSSR count). The van der Waals surface area contributed by atoms with Gasteiger partial charge in [-0.25, -0.2) is 4.98 Å². The monoisotopic (exact) mass is 297 g/mol. The van der Waals surface area contributed by atoms with E-state index < -0.39 is 0 Å². The minimum atomic E-state index is -0.174. The molecule has 1 unspecified atom stereocenters. The third-order valence-electron chi connectivity index (χ3n) is 2.51. The van der Waals surface area contributed by atoms with E-state index in [-0.39, 0.29) is 11.9 Å². The molecular formula is C13H15NO3S2. The third-order valence-corrected chi connectivity index (χ3v) is 4.60. The van der Waals surface area contributed by atoms with Gasteiger partial charge >= 0.3 is 5.97 Å². The van der Waals surface area contributed by atoms with Gasteiger partial charge in [-0.2, -0.15) is 11.8 Å². The Hall–Kier alpha value is -1.27. The zero-order chi connectivity index (χ0) is 13.7. The summed E-state index contributed by atoms with van der Waals surface area (Å²) < 4.78 is 10.1. The summed E-state index contributed by atoms with van der Waals surface area (Å²) in [4.78, 5) is 16.7. The number of hydrogen-bond acceptors (Lipinski definition) is 6. The molecule has 0 aliphatic heterocycles. The average Bonchev–Trinajstić information content (AvgIpc) is 3.07. The van der Waals surface area contributed by atoms with Crippen molar-refractivity contribution in [3.8, 4) is 10.8 Å². The molecule has 0 saturated carbocycles. The van der Waals surface area contributed by atoms with Gasteiger partial charge in [0.15, 0.2) is 0 Å². The summed E-state index contributed by atoms with van der Waals surface area (Å²) in [5, 5.41) is 1.99. The van der Waals surface area contributed by atoms with E-state index in [2.05, 4.69) is 9.72 Å². The lowest BCUT2D eigenvalue weighted by Crippen LogP contribution is -2.14. The van der Waals surface area contributed by atoms with Crippen molar-refractivity contribution in [3.05, 3.63) is 29.5 Å². The molecule has 0 saturated heterocycles. The fourth-order valence-corrected chi connectivity index (χ4v) is 3.10. The number of carbonyl (C=O) groups is 1. The lowest BCUT2D eigenvalue weighted by Gasteiger charge is -2.07. The number of oxazole rings is 1. The number of nitrogens with zero attached hydrogens (tertiary/aromatic N) is 1. The maximum absolute atomic E-state index is 11.2. The Morgan fingerprint density at radius 1 is 1.63 bits per heavy atom. The molecule has 4 nitrogen and oxygen atoms in total. The molecule has 2 aromatic heterocycles. The molecule has 0 bridgehead atoms. The summed E-state index contributed by atoms with van der Waals surface area (Å²) >= 11 is 3.25. The largest absolute Gasteiger partial charge is 0.469 e. The predicted molar refractivity (Wildman–Crippen MR) is 77.2 cm³/mol. The molecule has 0 amide bonds. The summed E-state index contributed by atoms with van der Waals surface area (Å²) in [5.41, 5.74) is 0.894. The number of esters is 1. The van der Waals surface area contributed by atoms with Crippen LogP contribution in [0.1, 0.15) is 12.6 Å². The predicted octanol–water partition coefficient (Wildman–Crippen LogP) is 3.45. The molecule has 102 valence electrons. The lowest BCUT2D eigenvalue weighted by molar-refractivity contribution is -0.143. The third kappa shape index (κ3) is 3.84. The molecule has 0 radical (unpaired) electrons. The van der Waals surface area contributed by atoms with Crippen LogP contribution in [-0.4, -0.2) is 23.8 Å². The van der Waals surface area contributed by atoms with Crippen LogP contribution in [0.4, 0.5) is 0 Å². The number of ether oxygens (including phenoxy) is 1. The molecule has 0 aliphatic carbocycles. The van der Waals surface area contributed by atoms with E-state index in [0.29, 0.717) is 11.6 Å². The molecule has 2 heterocycles. The van der Waals surface area contributed by atoms with E-state index in [1.165, 1.54) is 7.11 Å². The van der Waals surface area contributed by atoms with E-state index in [0.717, 1.165) is 16.3 Å². The van der Waals surface area contributed by atoms with E-state index in [9.17, 15) is 4.79 Å². The van der Waals surface area contributed by atoms with Crippen LogP contribution >= 0.6 is 23.1 Å². The van der Waals surface area contributed by atoms with Crippen LogP contribution < -0.4 is 0 Å². The van der Waals surface area contributed by atoms with Crippen molar-refractivity contribution >= 4 is 29.1 Å². The summed E-state index contributed by atoms with van der Waals surface area (Å²) in [6.07, 6.45) is 1.67. The number of rotatable bonds is 6. The fourth-order valence-electron chi connectivity index (χ4n) is 1.50. The van der Waals surface area contributed by atoms with Crippen molar-refractivity contribution in [2.24, 2.45) is 5.92 Å². The van der Waals surface area contributed by atoms with Gasteiger partial charge in [0.1, 0.15) is 6.26 Å². The van der Waals surface area contributed by atoms with Crippen LogP contribution in [0.25, 0.3) is 10.8 Å². The molecule has 6 heteroatoms. The van der Waals surface area contributed by atoms with Crippen molar-refractivity contribution in [3.63, 3.8) is 0 Å². The second-order valence-corrected chi connectivity index (χ2v) is 6.04. The van der Waals surface area contributed by atoms with Crippen molar-refractivity contribution in [1.82, 2.24) is 4.98 Å². The quantitative estimate of drug-likeness (QED) is 0.764. The highest BCUT2D eigenvalue weighted by molar-refractivity contribution is 7.98. The topological polar surface area (TPSA) is 52.3 Å². The highest BCUT2D eigenvalue weighted by atomic mass is 32.2. The SMILES string of the molecule is COC(=O)C(C)CSCc1coc(-c2cccs2)n1. The van der Waals surface area contributed by atoms with Gasteiger partial charge in [0.25, 0.3) is 0 Å². The van der Waals surface area contributed by atoms with Gasteiger partial charge in [0.05, 0.1) is 23.6 Å². The molecule has 0 fully saturated rings. The Balaban J connectivity index is 1.83. The smallest absolute Gasteiger partial charge is 0.309 e. The first kappa shape index (κ1) is 14.1. The minimum absolute atomic E-state index is 0.0985. The van der Waals surface area contributed by atoms with Gasteiger partial charge in [-0.05, 0) is 11.4 Å². The first-order valence-electron chi connectivity index (χ1n) is 5.84. The van der Waals surface area contributed by atoms with Gasteiger partial charge in [0.2, 0.25) is 5.89 Å². The van der Waals surface area contributed by atoms with Crippen molar-refractivity contribution < 1.29 is 13.9 Å². The first-order valence-corrected chi connectivity index (χ1v) is 7.88. The molecule has 0 N–H and O–H groups in total. The van der Waals surface area contributed by atoms with E-state index in [4.69, 9.17) is 4.42 Å². The lowest BCUT2D eigenvalue weighted by atomic mass is 10.2. The van der Waals surface area contributed by atoms with Crippen molar-refractivity contribution in [2.75, 3.05) is 12.9 Å². The van der Waals surface area contributed by atoms with Crippen LogP contribution in [0.3, 0.4) is 0 Å². The average molecular weight is 297 g/mol. The Morgan fingerprint density at radius 3 is 3.16 bits per heavy atom. The summed E-state index contributed by atoms with van der Waals surface area (Å²) in [6.45, 7) is 1.86. The van der Waals surface area contributed by atoms with Crippen LogP contribution in [0.2, 0.25) is 0 Å². The number of thioether (sulfide) groups is 1. The highest BCUT2D eigenvalue weighted by Crippen LogP contribution is 2.25. The van der Waals surface area contributed by atoms with Crippen molar-refractivity contribution in [2.45, 2.75) is 12.7 Å². The number of thiophene rings is 1. The molecule has 0 spiro atoms. The number of hydrogen-bond donors (Lipinski definition) is 0. The standard InChI is InChI=1S/C13H15NO3S2/c1-9(13(15)16-2)7-18-8-10-6-17-12(14-10)11-4-3-5-19-11/h3-6,9H,7-8H2,1-2H3. The first-order chi connectivity index (χ1) is 9.20. The second kappa shape index (κ2) is 6.77. The zero-order valence-corrected chi connectivity index (χ0v) is 12.4. The normalized spacial score (nSPS) is 12.3. The van der Waals surface area contributed by atoms with Crippen LogP contribution in [-0.2, 0) is 15.3 Å². The molecule has 0 aliphatic rings. The van der Waals surface area contributed by atoms with Crippen LogP contribution in [0.5, 0.6) is 0 Å².